The quantitative estimate of drug-likeness (QED) is 0.806. The maximum absolute atomic E-state index is 12.4. The number of alkyl halides is 2. The first-order chi connectivity index (χ1) is 5.94. The van der Waals surface area contributed by atoms with Crippen molar-refractivity contribution in [1.82, 2.24) is 4.98 Å². The fourth-order valence-corrected chi connectivity index (χ4v) is 0.918. The fourth-order valence-electron chi connectivity index (χ4n) is 0.806. The van der Waals surface area contributed by atoms with E-state index < -0.39 is 12.0 Å². The maximum atomic E-state index is 12.4. The van der Waals surface area contributed by atoms with Crippen molar-refractivity contribution in [3.63, 3.8) is 0 Å². The zero-order chi connectivity index (χ0) is 10.1. The van der Waals surface area contributed by atoms with Crippen LogP contribution in [-0.4, -0.2) is 11.4 Å². The molecule has 2 N–H and O–H groups in total. The molecule has 0 saturated carbocycles. The Morgan fingerprint density at radius 1 is 1.54 bits per heavy atom. The molecule has 0 spiro atoms. The van der Waals surface area contributed by atoms with Crippen molar-refractivity contribution < 1.29 is 8.78 Å². The second-order valence-electron chi connectivity index (χ2n) is 2.95. The summed E-state index contributed by atoms with van der Waals surface area (Å²) in [7, 11) is 0. The summed E-state index contributed by atoms with van der Waals surface area (Å²) in [6.45, 7) is 1.23. The first-order valence-corrected chi connectivity index (χ1v) is 4.01. The third-order valence-corrected chi connectivity index (χ3v) is 1.96. The molecule has 5 heteroatoms. The Morgan fingerprint density at radius 3 is 2.54 bits per heavy atom. The molecular weight excluding hydrogens is 198 g/mol. The molecule has 0 aliphatic heterocycles. The van der Waals surface area contributed by atoms with Gasteiger partial charge in [0.1, 0.15) is 5.54 Å². The third kappa shape index (κ3) is 2.14. The summed E-state index contributed by atoms with van der Waals surface area (Å²) in [6.07, 6.45) is -1.36. The minimum atomic E-state index is -2.65. The number of nitrogens with two attached hydrogens (primary N) is 1. The van der Waals surface area contributed by atoms with E-state index in [1.807, 2.05) is 0 Å². The van der Waals surface area contributed by atoms with Crippen LogP contribution in [0.2, 0.25) is 5.02 Å². The van der Waals surface area contributed by atoms with E-state index in [4.69, 9.17) is 17.3 Å². The zero-order valence-electron chi connectivity index (χ0n) is 6.97. The van der Waals surface area contributed by atoms with Crippen LogP contribution in [-0.2, 0) is 5.54 Å². The van der Waals surface area contributed by atoms with E-state index in [1.165, 1.54) is 25.3 Å². The normalized spacial score (nSPS) is 15.8. The molecule has 1 rings (SSSR count). The van der Waals surface area contributed by atoms with Gasteiger partial charge in [-0.3, -0.25) is 4.98 Å². The summed E-state index contributed by atoms with van der Waals surface area (Å²) in [5.41, 5.74) is 3.79. The highest BCUT2D eigenvalue weighted by Crippen LogP contribution is 2.23. The van der Waals surface area contributed by atoms with E-state index in [2.05, 4.69) is 4.98 Å². The van der Waals surface area contributed by atoms with Crippen LogP contribution in [0, 0.1) is 0 Å². The number of hydrogen-bond donors (Lipinski definition) is 1. The standard InChI is InChI=1S/C8H9ClF2N2/c1-8(12,7(10)11)6-3-2-5(9)4-13-6/h2-4,7H,12H2,1H3. The molecule has 72 valence electrons. The molecule has 0 saturated heterocycles. The van der Waals surface area contributed by atoms with Gasteiger partial charge < -0.3 is 5.73 Å². The van der Waals surface area contributed by atoms with Gasteiger partial charge in [0.2, 0.25) is 0 Å². The van der Waals surface area contributed by atoms with Crippen LogP contribution in [0.3, 0.4) is 0 Å². The maximum Gasteiger partial charge on any atom is 0.261 e. The predicted molar refractivity (Wildman–Crippen MR) is 46.8 cm³/mol. The van der Waals surface area contributed by atoms with Crippen molar-refractivity contribution in [3.8, 4) is 0 Å². The second kappa shape index (κ2) is 3.55. The molecule has 0 bridgehead atoms. The van der Waals surface area contributed by atoms with Gasteiger partial charge in [-0.05, 0) is 19.1 Å². The highest BCUT2D eigenvalue weighted by Gasteiger charge is 2.33. The summed E-state index contributed by atoms with van der Waals surface area (Å²) >= 11 is 5.55. The Bertz CT molecular complexity index is 285. The summed E-state index contributed by atoms with van der Waals surface area (Å²) in [5, 5.41) is 0.397. The van der Waals surface area contributed by atoms with Crippen LogP contribution in [0.5, 0.6) is 0 Å². The van der Waals surface area contributed by atoms with Crippen molar-refractivity contribution in [2.75, 3.05) is 0 Å². The van der Waals surface area contributed by atoms with Gasteiger partial charge in [-0.25, -0.2) is 8.78 Å². The average Bonchev–Trinajstić information content (AvgIpc) is 2.04. The molecule has 1 heterocycles. The van der Waals surface area contributed by atoms with Gasteiger partial charge in [0.15, 0.2) is 0 Å². The Kier molecular flexibility index (Phi) is 2.83. The van der Waals surface area contributed by atoms with Gasteiger partial charge in [-0.1, -0.05) is 11.6 Å². The molecule has 0 fully saturated rings. The molecule has 0 aliphatic carbocycles. The SMILES string of the molecule is CC(N)(c1ccc(Cl)cn1)C(F)F. The lowest BCUT2D eigenvalue weighted by molar-refractivity contribution is 0.0602. The highest BCUT2D eigenvalue weighted by molar-refractivity contribution is 6.30. The Balaban J connectivity index is 3.01. The summed E-state index contributed by atoms with van der Waals surface area (Å²) in [5.74, 6) is 0. The molecule has 2 nitrogen and oxygen atoms in total. The van der Waals surface area contributed by atoms with Crippen LogP contribution in [0.4, 0.5) is 8.78 Å². The van der Waals surface area contributed by atoms with Crippen molar-refractivity contribution in [1.29, 1.82) is 0 Å². The van der Waals surface area contributed by atoms with Gasteiger partial charge in [0, 0.05) is 6.20 Å². The lowest BCUT2D eigenvalue weighted by Crippen LogP contribution is -2.41. The minimum Gasteiger partial charge on any atom is -0.316 e. The van der Waals surface area contributed by atoms with Gasteiger partial charge in [0.25, 0.3) is 6.43 Å². The highest BCUT2D eigenvalue weighted by atomic mass is 35.5. The van der Waals surface area contributed by atoms with E-state index >= 15 is 0 Å². The molecular formula is C8H9ClF2N2. The van der Waals surface area contributed by atoms with Crippen molar-refractivity contribution in [3.05, 3.63) is 29.0 Å². The van der Waals surface area contributed by atoms with Crippen LogP contribution < -0.4 is 5.73 Å². The average molecular weight is 207 g/mol. The lowest BCUT2D eigenvalue weighted by Gasteiger charge is -2.22. The van der Waals surface area contributed by atoms with E-state index in [-0.39, 0.29) is 5.69 Å². The number of aromatic nitrogens is 1. The fraction of sp³-hybridized carbons (Fsp3) is 0.375. The summed E-state index contributed by atoms with van der Waals surface area (Å²) in [4.78, 5) is 3.73. The molecule has 1 unspecified atom stereocenters. The molecule has 13 heavy (non-hydrogen) atoms. The first kappa shape index (κ1) is 10.3. The topological polar surface area (TPSA) is 38.9 Å². The predicted octanol–water partition coefficient (Wildman–Crippen LogP) is 2.17. The number of hydrogen-bond acceptors (Lipinski definition) is 2. The third-order valence-electron chi connectivity index (χ3n) is 1.73. The number of rotatable bonds is 2. The van der Waals surface area contributed by atoms with Gasteiger partial charge in [-0.2, -0.15) is 0 Å². The van der Waals surface area contributed by atoms with Gasteiger partial charge in [-0.15, -0.1) is 0 Å². The van der Waals surface area contributed by atoms with Crippen LogP contribution in [0.1, 0.15) is 12.6 Å². The van der Waals surface area contributed by atoms with Crippen molar-refractivity contribution in [2.45, 2.75) is 18.9 Å². The zero-order valence-corrected chi connectivity index (χ0v) is 7.72. The Labute approximate surface area is 79.7 Å². The second-order valence-corrected chi connectivity index (χ2v) is 3.38. The Hall–Kier alpha value is -0.740. The summed E-state index contributed by atoms with van der Waals surface area (Å²) < 4.78 is 24.8. The van der Waals surface area contributed by atoms with Crippen molar-refractivity contribution >= 4 is 11.6 Å². The number of nitrogens with zero attached hydrogens (tertiary/aromatic N) is 1. The van der Waals surface area contributed by atoms with E-state index in [1.54, 1.807) is 0 Å². The smallest absolute Gasteiger partial charge is 0.261 e. The van der Waals surface area contributed by atoms with Crippen LogP contribution in [0.15, 0.2) is 18.3 Å². The van der Waals surface area contributed by atoms with Crippen molar-refractivity contribution in [2.24, 2.45) is 5.73 Å². The monoisotopic (exact) mass is 206 g/mol. The largest absolute Gasteiger partial charge is 0.316 e. The lowest BCUT2D eigenvalue weighted by atomic mass is 9.99. The van der Waals surface area contributed by atoms with E-state index in [0.717, 1.165) is 0 Å². The molecule has 0 amide bonds. The van der Waals surface area contributed by atoms with E-state index in [0.29, 0.717) is 5.02 Å². The Morgan fingerprint density at radius 2 is 2.15 bits per heavy atom. The molecule has 0 radical (unpaired) electrons. The molecule has 1 aromatic rings. The molecule has 0 aromatic carbocycles. The number of pyridine rings is 1. The molecule has 1 aromatic heterocycles. The van der Waals surface area contributed by atoms with Crippen LogP contribution in [0.25, 0.3) is 0 Å². The minimum absolute atomic E-state index is 0.131. The molecule has 0 aliphatic rings. The van der Waals surface area contributed by atoms with Crippen LogP contribution >= 0.6 is 11.6 Å². The first-order valence-electron chi connectivity index (χ1n) is 3.63. The summed E-state index contributed by atoms with van der Waals surface area (Å²) in [6, 6.07) is 2.88. The number of halogens is 3. The van der Waals surface area contributed by atoms with Gasteiger partial charge >= 0.3 is 0 Å². The van der Waals surface area contributed by atoms with E-state index in [9.17, 15) is 8.78 Å². The molecule has 1 atom stereocenters. The van der Waals surface area contributed by atoms with Gasteiger partial charge in [0.05, 0.1) is 10.7 Å².